The van der Waals surface area contributed by atoms with Crippen molar-refractivity contribution in [3.63, 3.8) is 0 Å². The highest BCUT2D eigenvalue weighted by atomic mass is 32.2. The Hall–Kier alpha value is -1.56. The maximum Gasteiger partial charge on any atom is 0.328 e. The summed E-state index contributed by atoms with van der Waals surface area (Å²) in [6, 6.07) is 6.33. The van der Waals surface area contributed by atoms with Crippen LogP contribution in [-0.2, 0) is 19.4 Å². The number of carbonyl (C=O) groups is 1. The Labute approximate surface area is 113 Å². The molecule has 0 bridgehead atoms. The molecule has 5 nitrogen and oxygen atoms in total. The molecule has 0 N–H and O–H groups in total. The summed E-state index contributed by atoms with van der Waals surface area (Å²) in [7, 11) is -1.81. The largest absolute Gasteiger partial charge is 0.467 e. The van der Waals surface area contributed by atoms with E-state index in [1.165, 1.54) is 13.4 Å². The Kier molecular flexibility index (Phi) is 3.80. The molecule has 1 aliphatic rings. The first-order chi connectivity index (χ1) is 8.93. The Morgan fingerprint density at radius 1 is 1.32 bits per heavy atom. The number of esters is 1. The first kappa shape index (κ1) is 13.9. The number of carbonyl (C=O) groups excluding carboxylic acids is 1. The fourth-order valence-corrected chi connectivity index (χ4v) is 2.97. The van der Waals surface area contributed by atoms with Crippen LogP contribution in [0.4, 0.5) is 5.69 Å². The van der Waals surface area contributed by atoms with E-state index >= 15 is 0 Å². The molecule has 6 heteroatoms. The van der Waals surface area contributed by atoms with Gasteiger partial charge in [-0.2, -0.15) is 0 Å². The smallest absolute Gasteiger partial charge is 0.328 e. The summed E-state index contributed by atoms with van der Waals surface area (Å²) < 4.78 is 27.6. The number of ether oxygens (including phenoxy) is 1. The minimum Gasteiger partial charge on any atom is -0.467 e. The Morgan fingerprint density at radius 2 is 1.95 bits per heavy atom. The molecule has 104 valence electrons. The van der Waals surface area contributed by atoms with Crippen molar-refractivity contribution in [2.24, 2.45) is 0 Å². The molecular weight excluding hydrogens is 266 g/mol. The van der Waals surface area contributed by atoms with E-state index in [4.69, 9.17) is 4.74 Å². The van der Waals surface area contributed by atoms with Gasteiger partial charge in [-0.3, -0.25) is 0 Å². The number of hydrogen-bond donors (Lipinski definition) is 0. The van der Waals surface area contributed by atoms with Gasteiger partial charge in [0.25, 0.3) is 0 Å². The second-order valence-corrected chi connectivity index (χ2v) is 6.66. The van der Waals surface area contributed by atoms with Gasteiger partial charge in [-0.15, -0.1) is 0 Å². The van der Waals surface area contributed by atoms with E-state index in [0.717, 1.165) is 25.1 Å². The van der Waals surface area contributed by atoms with Gasteiger partial charge < -0.3 is 9.64 Å². The van der Waals surface area contributed by atoms with Crippen molar-refractivity contribution in [1.29, 1.82) is 0 Å². The number of anilines is 1. The van der Waals surface area contributed by atoms with Crippen molar-refractivity contribution in [1.82, 2.24) is 0 Å². The molecule has 1 saturated heterocycles. The first-order valence-electron chi connectivity index (χ1n) is 6.08. The van der Waals surface area contributed by atoms with Gasteiger partial charge in [-0.25, -0.2) is 13.2 Å². The molecule has 1 heterocycles. The van der Waals surface area contributed by atoms with Gasteiger partial charge in [0.1, 0.15) is 6.04 Å². The maximum atomic E-state index is 11.7. The summed E-state index contributed by atoms with van der Waals surface area (Å²) >= 11 is 0. The van der Waals surface area contributed by atoms with Crippen molar-refractivity contribution in [3.8, 4) is 0 Å². The zero-order valence-corrected chi connectivity index (χ0v) is 11.8. The van der Waals surface area contributed by atoms with E-state index in [2.05, 4.69) is 0 Å². The highest BCUT2D eigenvalue weighted by molar-refractivity contribution is 7.90. The molecule has 1 aromatic carbocycles. The molecule has 1 aromatic rings. The lowest BCUT2D eigenvalue weighted by molar-refractivity contribution is -0.141. The first-order valence-corrected chi connectivity index (χ1v) is 7.97. The number of hydrogen-bond acceptors (Lipinski definition) is 5. The molecule has 0 aromatic heterocycles. The van der Waals surface area contributed by atoms with Gasteiger partial charge in [0.05, 0.1) is 12.0 Å². The topological polar surface area (TPSA) is 63.7 Å². The van der Waals surface area contributed by atoms with Crippen LogP contribution >= 0.6 is 0 Å². The normalized spacial score (nSPS) is 19.5. The van der Waals surface area contributed by atoms with E-state index in [1.807, 2.05) is 4.90 Å². The third-order valence-electron chi connectivity index (χ3n) is 3.32. The molecule has 0 spiro atoms. The monoisotopic (exact) mass is 283 g/mol. The maximum absolute atomic E-state index is 11.7. The number of rotatable bonds is 3. The van der Waals surface area contributed by atoms with E-state index in [-0.39, 0.29) is 16.9 Å². The lowest BCUT2D eigenvalue weighted by Gasteiger charge is -2.24. The zero-order chi connectivity index (χ0) is 14.0. The third-order valence-corrected chi connectivity index (χ3v) is 4.45. The van der Waals surface area contributed by atoms with Crippen molar-refractivity contribution >= 4 is 21.5 Å². The molecule has 0 saturated carbocycles. The lowest BCUT2D eigenvalue weighted by Crippen LogP contribution is -2.36. The van der Waals surface area contributed by atoms with Crippen molar-refractivity contribution < 1.29 is 17.9 Å². The van der Waals surface area contributed by atoms with Gasteiger partial charge in [-0.1, -0.05) is 0 Å². The fraction of sp³-hybridized carbons (Fsp3) is 0.462. The van der Waals surface area contributed by atoms with Crippen LogP contribution in [0.15, 0.2) is 29.2 Å². The number of methoxy groups -OCH3 is 1. The van der Waals surface area contributed by atoms with Gasteiger partial charge in [0, 0.05) is 18.5 Å². The number of benzene rings is 1. The van der Waals surface area contributed by atoms with Crippen LogP contribution < -0.4 is 4.90 Å². The van der Waals surface area contributed by atoms with Crippen molar-refractivity contribution in [3.05, 3.63) is 24.3 Å². The van der Waals surface area contributed by atoms with E-state index < -0.39 is 9.84 Å². The van der Waals surface area contributed by atoms with Crippen LogP contribution in [0.1, 0.15) is 12.8 Å². The second-order valence-electron chi connectivity index (χ2n) is 4.64. The van der Waals surface area contributed by atoms with Gasteiger partial charge in [0.15, 0.2) is 9.84 Å². The van der Waals surface area contributed by atoms with Crippen molar-refractivity contribution in [2.75, 3.05) is 24.8 Å². The summed E-state index contributed by atoms with van der Waals surface area (Å²) in [5.41, 5.74) is 0.848. The predicted molar refractivity (Wildman–Crippen MR) is 71.9 cm³/mol. The van der Waals surface area contributed by atoms with Crippen LogP contribution in [-0.4, -0.2) is 40.3 Å². The number of sulfone groups is 1. The van der Waals surface area contributed by atoms with Crippen molar-refractivity contribution in [2.45, 2.75) is 23.8 Å². The molecule has 0 amide bonds. The van der Waals surface area contributed by atoms with Crippen LogP contribution in [0.3, 0.4) is 0 Å². The molecule has 0 aliphatic carbocycles. The molecule has 19 heavy (non-hydrogen) atoms. The summed E-state index contributed by atoms with van der Waals surface area (Å²) in [6.45, 7) is 0.776. The van der Waals surface area contributed by atoms with Crippen LogP contribution in [0.2, 0.25) is 0 Å². The predicted octanol–water partition coefficient (Wildman–Crippen LogP) is 1.23. The highest BCUT2D eigenvalue weighted by Crippen LogP contribution is 2.27. The molecule has 1 atom stereocenters. The summed E-state index contributed by atoms with van der Waals surface area (Å²) in [5, 5.41) is 0. The SMILES string of the molecule is COC(=O)C1CCCN1c1ccc(S(C)(=O)=O)cc1. The van der Waals surface area contributed by atoms with E-state index in [1.54, 1.807) is 24.3 Å². The van der Waals surface area contributed by atoms with Crippen LogP contribution in [0.25, 0.3) is 0 Å². The Bertz CT molecular complexity index is 565. The van der Waals surface area contributed by atoms with Gasteiger partial charge >= 0.3 is 5.97 Å². The van der Waals surface area contributed by atoms with Gasteiger partial charge in [-0.05, 0) is 37.1 Å². The van der Waals surface area contributed by atoms with Crippen LogP contribution in [0.5, 0.6) is 0 Å². The van der Waals surface area contributed by atoms with E-state index in [9.17, 15) is 13.2 Å². The van der Waals surface area contributed by atoms with E-state index in [0.29, 0.717) is 0 Å². The minimum absolute atomic E-state index is 0.246. The average Bonchev–Trinajstić information content (AvgIpc) is 2.86. The molecular formula is C13H17NO4S. The highest BCUT2D eigenvalue weighted by Gasteiger charge is 2.31. The molecule has 2 rings (SSSR count). The second kappa shape index (κ2) is 5.21. The zero-order valence-electron chi connectivity index (χ0n) is 11.0. The fourth-order valence-electron chi connectivity index (χ4n) is 2.34. The minimum atomic E-state index is -3.19. The third kappa shape index (κ3) is 2.89. The molecule has 0 radical (unpaired) electrons. The van der Waals surface area contributed by atoms with Crippen LogP contribution in [0, 0.1) is 0 Å². The quantitative estimate of drug-likeness (QED) is 0.781. The molecule has 1 unspecified atom stereocenters. The standard InChI is InChI=1S/C13H17NO4S/c1-18-13(15)12-4-3-9-14(12)10-5-7-11(8-6-10)19(2,16)17/h5-8,12H,3-4,9H2,1-2H3. The molecule has 1 fully saturated rings. The summed E-state index contributed by atoms with van der Waals surface area (Å²) in [5.74, 6) is -0.246. The Morgan fingerprint density at radius 3 is 2.47 bits per heavy atom. The Balaban J connectivity index is 2.25. The average molecular weight is 283 g/mol. The number of nitrogens with zero attached hydrogens (tertiary/aromatic N) is 1. The molecule has 1 aliphatic heterocycles. The lowest BCUT2D eigenvalue weighted by atomic mass is 10.2. The van der Waals surface area contributed by atoms with Gasteiger partial charge in [0.2, 0.25) is 0 Å². The summed E-state index contributed by atoms with van der Waals surface area (Å²) in [6.07, 6.45) is 2.86. The summed E-state index contributed by atoms with van der Waals surface area (Å²) in [4.78, 5) is 13.9.